The van der Waals surface area contributed by atoms with E-state index in [9.17, 15) is 9.90 Å². The molecule has 0 aliphatic carbocycles. The van der Waals surface area contributed by atoms with Gasteiger partial charge in [-0.25, -0.2) is 0 Å². The summed E-state index contributed by atoms with van der Waals surface area (Å²) in [5, 5.41) is 10.4. The topological polar surface area (TPSA) is 56.3 Å². The number of aromatic nitrogens is 1. The first-order valence-corrected chi connectivity index (χ1v) is 6.68. The minimum Gasteiger partial charge on any atom is -0.507 e. The molecule has 0 aliphatic heterocycles. The Balaban J connectivity index is 2.10. The van der Waals surface area contributed by atoms with E-state index in [-0.39, 0.29) is 11.3 Å². The van der Waals surface area contributed by atoms with Crippen LogP contribution in [-0.2, 0) is 0 Å². The summed E-state index contributed by atoms with van der Waals surface area (Å²) in [5.41, 5.74) is 3.51. The largest absolute Gasteiger partial charge is 0.507 e. The van der Waals surface area contributed by atoms with Crippen LogP contribution >= 0.6 is 0 Å². The first kappa shape index (κ1) is 13.2. The van der Waals surface area contributed by atoms with Gasteiger partial charge in [-0.2, -0.15) is 0 Å². The lowest BCUT2D eigenvalue weighted by atomic mass is 10.0. The van der Waals surface area contributed by atoms with Gasteiger partial charge in [0.05, 0.1) is 5.52 Å². The van der Waals surface area contributed by atoms with Gasteiger partial charge in [0.1, 0.15) is 5.75 Å². The number of benzene rings is 2. The molecule has 3 rings (SSSR count). The number of nitrogens with zero attached hydrogens (tertiary/aromatic N) is 1. The van der Waals surface area contributed by atoms with Gasteiger partial charge in [-0.3, -0.25) is 4.79 Å². The fourth-order valence-electron chi connectivity index (χ4n) is 2.37. The van der Waals surface area contributed by atoms with Crippen molar-refractivity contribution >= 4 is 16.6 Å². The first-order chi connectivity index (χ1) is 10.0. The Kier molecular flexibility index (Phi) is 3.14. The standard InChI is InChI=1S/C17H16N2O2/c1-19(2)13-6-3-11(4-7-13)12-5-8-14-15(9-12)18-17(21)10-16(14)20/h3-10H,1-2H3,(H2,18,20,21). The summed E-state index contributed by atoms with van der Waals surface area (Å²) >= 11 is 0. The summed E-state index contributed by atoms with van der Waals surface area (Å²) in [6, 6.07) is 15.0. The molecule has 0 fully saturated rings. The molecule has 0 bridgehead atoms. The molecule has 1 heterocycles. The van der Waals surface area contributed by atoms with Crippen molar-refractivity contribution in [1.82, 2.24) is 4.98 Å². The van der Waals surface area contributed by atoms with Crippen LogP contribution in [0.4, 0.5) is 5.69 Å². The van der Waals surface area contributed by atoms with Gasteiger partial charge in [0.25, 0.3) is 5.56 Å². The van der Waals surface area contributed by atoms with Gasteiger partial charge in [0.15, 0.2) is 0 Å². The van der Waals surface area contributed by atoms with E-state index in [2.05, 4.69) is 4.98 Å². The Labute approximate surface area is 122 Å². The van der Waals surface area contributed by atoms with E-state index in [1.807, 2.05) is 61.5 Å². The van der Waals surface area contributed by atoms with Crippen LogP contribution in [0.1, 0.15) is 0 Å². The molecule has 3 aromatic rings. The molecule has 1 aromatic heterocycles. The zero-order valence-electron chi connectivity index (χ0n) is 11.9. The normalized spacial score (nSPS) is 10.8. The molecule has 106 valence electrons. The predicted molar refractivity (Wildman–Crippen MR) is 86.0 cm³/mol. The number of aromatic hydroxyl groups is 1. The van der Waals surface area contributed by atoms with Gasteiger partial charge in [-0.1, -0.05) is 18.2 Å². The van der Waals surface area contributed by atoms with E-state index >= 15 is 0 Å². The highest BCUT2D eigenvalue weighted by molar-refractivity contribution is 5.88. The number of nitrogens with one attached hydrogen (secondary N) is 1. The molecule has 4 nitrogen and oxygen atoms in total. The summed E-state index contributed by atoms with van der Waals surface area (Å²) in [6.07, 6.45) is 0. The van der Waals surface area contributed by atoms with E-state index in [0.29, 0.717) is 10.9 Å². The quantitative estimate of drug-likeness (QED) is 0.758. The third kappa shape index (κ3) is 2.48. The van der Waals surface area contributed by atoms with E-state index in [4.69, 9.17) is 0 Å². The highest BCUT2D eigenvalue weighted by Crippen LogP contribution is 2.28. The number of anilines is 1. The average Bonchev–Trinajstić information content (AvgIpc) is 2.46. The van der Waals surface area contributed by atoms with Crippen molar-refractivity contribution in [3.63, 3.8) is 0 Å². The van der Waals surface area contributed by atoms with Crippen LogP contribution in [0.15, 0.2) is 53.3 Å². The third-order valence-electron chi connectivity index (χ3n) is 3.54. The minimum atomic E-state index is -0.305. The van der Waals surface area contributed by atoms with Crippen LogP contribution in [-0.4, -0.2) is 24.2 Å². The van der Waals surface area contributed by atoms with Gasteiger partial charge in [0.2, 0.25) is 0 Å². The van der Waals surface area contributed by atoms with Crippen LogP contribution in [0, 0.1) is 0 Å². The number of rotatable bonds is 2. The second-order valence-corrected chi connectivity index (χ2v) is 5.22. The highest BCUT2D eigenvalue weighted by atomic mass is 16.3. The van der Waals surface area contributed by atoms with Crippen molar-refractivity contribution in [2.45, 2.75) is 0 Å². The number of hydrogen-bond donors (Lipinski definition) is 2. The molecule has 0 atom stereocenters. The molecule has 0 spiro atoms. The van der Waals surface area contributed by atoms with E-state index in [0.717, 1.165) is 16.8 Å². The fraction of sp³-hybridized carbons (Fsp3) is 0.118. The first-order valence-electron chi connectivity index (χ1n) is 6.68. The Hall–Kier alpha value is -2.75. The smallest absolute Gasteiger partial charge is 0.252 e. The molecule has 0 aliphatic rings. The SMILES string of the molecule is CN(C)c1ccc(-c2ccc3c(O)cc(=O)[nH]c3c2)cc1. The van der Waals surface area contributed by atoms with E-state index in [1.54, 1.807) is 0 Å². The molecule has 0 amide bonds. The number of pyridine rings is 1. The van der Waals surface area contributed by atoms with Gasteiger partial charge < -0.3 is 15.0 Å². The van der Waals surface area contributed by atoms with Crippen molar-refractivity contribution < 1.29 is 5.11 Å². The zero-order valence-corrected chi connectivity index (χ0v) is 11.9. The maximum atomic E-state index is 11.5. The van der Waals surface area contributed by atoms with Gasteiger partial charge >= 0.3 is 0 Å². The van der Waals surface area contributed by atoms with Gasteiger partial charge in [-0.05, 0) is 35.4 Å². The predicted octanol–water partition coefficient (Wildman–Crippen LogP) is 2.97. The number of fused-ring (bicyclic) bond motifs is 1. The molecule has 0 radical (unpaired) electrons. The lowest BCUT2D eigenvalue weighted by Crippen LogP contribution is -2.07. The number of H-pyrrole nitrogens is 1. The molecular formula is C17H16N2O2. The van der Waals surface area contributed by atoms with Crippen LogP contribution in [0.3, 0.4) is 0 Å². The second-order valence-electron chi connectivity index (χ2n) is 5.22. The van der Waals surface area contributed by atoms with Crippen LogP contribution in [0.2, 0.25) is 0 Å². The molecule has 2 N–H and O–H groups in total. The number of aromatic amines is 1. The fourth-order valence-corrected chi connectivity index (χ4v) is 2.37. The lowest BCUT2D eigenvalue weighted by Gasteiger charge is -2.13. The van der Waals surface area contributed by atoms with Crippen molar-refractivity contribution in [3.8, 4) is 16.9 Å². The van der Waals surface area contributed by atoms with E-state index in [1.165, 1.54) is 6.07 Å². The molecule has 0 saturated heterocycles. The molecule has 21 heavy (non-hydrogen) atoms. The maximum absolute atomic E-state index is 11.5. The molecular weight excluding hydrogens is 264 g/mol. The van der Waals surface area contributed by atoms with Gasteiger partial charge in [0, 0.05) is 31.2 Å². The summed E-state index contributed by atoms with van der Waals surface area (Å²) in [7, 11) is 4.00. The Morgan fingerprint density at radius 3 is 2.29 bits per heavy atom. The highest BCUT2D eigenvalue weighted by Gasteiger charge is 2.05. The van der Waals surface area contributed by atoms with Crippen molar-refractivity contribution in [2.24, 2.45) is 0 Å². The summed E-state index contributed by atoms with van der Waals surface area (Å²) in [4.78, 5) is 16.2. The molecule has 4 heteroatoms. The third-order valence-corrected chi connectivity index (χ3v) is 3.54. The van der Waals surface area contributed by atoms with E-state index < -0.39 is 0 Å². The van der Waals surface area contributed by atoms with Crippen LogP contribution in [0.5, 0.6) is 5.75 Å². The average molecular weight is 280 g/mol. The zero-order chi connectivity index (χ0) is 15.0. The minimum absolute atomic E-state index is 0.00301. The van der Waals surface area contributed by atoms with Crippen molar-refractivity contribution in [1.29, 1.82) is 0 Å². The molecule has 0 saturated carbocycles. The summed E-state index contributed by atoms with van der Waals surface area (Å²) in [5.74, 6) is 0.00301. The molecule has 2 aromatic carbocycles. The van der Waals surface area contributed by atoms with Crippen molar-refractivity contribution in [3.05, 3.63) is 58.9 Å². The Bertz CT molecular complexity index is 849. The summed E-state index contributed by atoms with van der Waals surface area (Å²) in [6.45, 7) is 0. The maximum Gasteiger partial charge on any atom is 0.252 e. The Morgan fingerprint density at radius 2 is 1.62 bits per heavy atom. The number of hydrogen-bond acceptors (Lipinski definition) is 3. The summed E-state index contributed by atoms with van der Waals surface area (Å²) < 4.78 is 0. The van der Waals surface area contributed by atoms with Gasteiger partial charge in [-0.15, -0.1) is 0 Å². The monoisotopic (exact) mass is 280 g/mol. The molecule has 0 unspecified atom stereocenters. The van der Waals surface area contributed by atoms with Crippen molar-refractivity contribution in [2.75, 3.05) is 19.0 Å². The Morgan fingerprint density at radius 1 is 0.952 bits per heavy atom. The van der Waals surface area contributed by atoms with Crippen LogP contribution in [0.25, 0.3) is 22.0 Å². The lowest BCUT2D eigenvalue weighted by molar-refractivity contribution is 0.480. The van der Waals surface area contributed by atoms with Crippen LogP contribution < -0.4 is 10.5 Å². The second kappa shape index (κ2) is 4.98.